The zero-order valence-corrected chi connectivity index (χ0v) is 18.4. The normalized spacial score (nSPS) is 17.4. The molecule has 0 bridgehead atoms. The first-order chi connectivity index (χ1) is 12.1. The molecule has 2 rings (SSSR count). The van der Waals surface area contributed by atoms with Crippen molar-refractivity contribution in [3.05, 3.63) is 35.9 Å². The van der Waals surface area contributed by atoms with Crippen LogP contribution in [0, 0.1) is 0 Å². The Bertz CT molecular complexity index is 519. The number of aliphatic imine (C=N–C) groups is 1. The molecule has 0 aromatic heterocycles. The second kappa shape index (κ2) is 12.5. The van der Waals surface area contributed by atoms with Gasteiger partial charge in [-0.25, -0.2) is 0 Å². The average molecular weight is 475 g/mol. The fourth-order valence-corrected chi connectivity index (χ4v) is 3.12. The first-order valence-electron chi connectivity index (χ1n) is 9.54. The van der Waals surface area contributed by atoms with E-state index in [9.17, 15) is 5.11 Å². The van der Waals surface area contributed by atoms with E-state index in [0.717, 1.165) is 51.2 Å². The molecule has 6 heteroatoms. The summed E-state index contributed by atoms with van der Waals surface area (Å²) < 4.78 is 5.89. The molecule has 1 unspecified atom stereocenters. The smallest absolute Gasteiger partial charge is 0.191 e. The van der Waals surface area contributed by atoms with Crippen LogP contribution >= 0.6 is 24.0 Å². The number of nitrogens with one attached hydrogen (secondary N) is 2. The molecule has 0 aliphatic heterocycles. The van der Waals surface area contributed by atoms with Gasteiger partial charge < -0.3 is 20.5 Å². The molecule has 3 N–H and O–H groups in total. The van der Waals surface area contributed by atoms with Gasteiger partial charge in [0, 0.05) is 19.7 Å². The molecule has 1 aromatic rings. The van der Waals surface area contributed by atoms with Crippen LogP contribution in [0.25, 0.3) is 0 Å². The summed E-state index contributed by atoms with van der Waals surface area (Å²) in [7, 11) is 0. The second-order valence-electron chi connectivity index (χ2n) is 6.83. The van der Waals surface area contributed by atoms with Crippen LogP contribution in [-0.4, -0.2) is 42.9 Å². The van der Waals surface area contributed by atoms with Crippen LogP contribution in [0.3, 0.4) is 0 Å². The Labute approximate surface area is 175 Å². The number of nitrogens with zero attached hydrogens (tertiary/aromatic N) is 1. The molecule has 1 fully saturated rings. The van der Waals surface area contributed by atoms with Gasteiger partial charge in [0.05, 0.1) is 18.2 Å². The van der Waals surface area contributed by atoms with E-state index in [1.807, 2.05) is 25.1 Å². The molecule has 0 spiro atoms. The number of ether oxygens (including phenoxy) is 1. The lowest BCUT2D eigenvalue weighted by molar-refractivity contribution is 0.0573. The standard InChI is InChI=1S/C20H33N3O2.HI/c1-3-21-19(23-16-20(24)12-7-8-13-20)22-14-9-15-25-17(2)18-10-5-4-6-11-18;/h4-6,10-11,17,24H,3,7-9,12-16H2,1-2H3,(H2,21,22,23);1H. The van der Waals surface area contributed by atoms with Gasteiger partial charge in [-0.05, 0) is 38.7 Å². The molecule has 1 aliphatic rings. The maximum atomic E-state index is 10.4. The molecule has 0 amide bonds. The molecular formula is C20H34IN3O2. The average Bonchev–Trinajstić information content (AvgIpc) is 3.07. The van der Waals surface area contributed by atoms with Crippen molar-refractivity contribution in [3.63, 3.8) is 0 Å². The van der Waals surface area contributed by atoms with E-state index in [-0.39, 0.29) is 30.1 Å². The summed E-state index contributed by atoms with van der Waals surface area (Å²) in [5.74, 6) is 0.777. The molecule has 1 saturated carbocycles. The van der Waals surface area contributed by atoms with E-state index in [2.05, 4.69) is 34.7 Å². The molecule has 148 valence electrons. The molecule has 0 saturated heterocycles. The molecule has 1 atom stereocenters. The van der Waals surface area contributed by atoms with Gasteiger partial charge >= 0.3 is 0 Å². The van der Waals surface area contributed by atoms with Crippen LogP contribution in [0.5, 0.6) is 0 Å². The lowest BCUT2D eigenvalue weighted by Gasteiger charge is -2.20. The summed E-state index contributed by atoms with van der Waals surface area (Å²) in [6, 6.07) is 10.3. The largest absolute Gasteiger partial charge is 0.388 e. The summed E-state index contributed by atoms with van der Waals surface area (Å²) in [6.45, 7) is 6.91. The van der Waals surface area contributed by atoms with Crippen LogP contribution in [-0.2, 0) is 4.74 Å². The van der Waals surface area contributed by atoms with Gasteiger partial charge in [-0.3, -0.25) is 4.99 Å². The first kappa shape index (κ1) is 23.2. The van der Waals surface area contributed by atoms with Gasteiger partial charge in [0.2, 0.25) is 0 Å². The predicted molar refractivity (Wildman–Crippen MR) is 118 cm³/mol. The minimum atomic E-state index is -0.601. The van der Waals surface area contributed by atoms with E-state index >= 15 is 0 Å². The van der Waals surface area contributed by atoms with Gasteiger partial charge in [0.15, 0.2) is 5.96 Å². The highest BCUT2D eigenvalue weighted by atomic mass is 127. The number of aliphatic hydroxyl groups is 1. The van der Waals surface area contributed by atoms with E-state index in [1.165, 1.54) is 5.56 Å². The number of rotatable bonds is 9. The van der Waals surface area contributed by atoms with Gasteiger partial charge in [-0.2, -0.15) is 0 Å². The number of hydrogen-bond acceptors (Lipinski definition) is 3. The highest BCUT2D eigenvalue weighted by Gasteiger charge is 2.30. The number of benzene rings is 1. The number of guanidine groups is 1. The molecule has 1 aliphatic carbocycles. The highest BCUT2D eigenvalue weighted by Crippen LogP contribution is 2.29. The van der Waals surface area contributed by atoms with Gasteiger partial charge in [0.1, 0.15) is 0 Å². The zero-order chi connectivity index (χ0) is 18.0. The van der Waals surface area contributed by atoms with Gasteiger partial charge in [-0.15, -0.1) is 24.0 Å². The lowest BCUT2D eigenvalue weighted by Crippen LogP contribution is -2.40. The third-order valence-corrected chi connectivity index (χ3v) is 4.66. The molecule has 26 heavy (non-hydrogen) atoms. The van der Waals surface area contributed by atoms with Crippen LogP contribution in [0.15, 0.2) is 35.3 Å². The molecular weight excluding hydrogens is 441 g/mol. The van der Waals surface area contributed by atoms with Crippen LogP contribution in [0.1, 0.15) is 57.6 Å². The van der Waals surface area contributed by atoms with Crippen molar-refractivity contribution in [2.75, 3.05) is 26.2 Å². The fraction of sp³-hybridized carbons (Fsp3) is 0.650. The van der Waals surface area contributed by atoms with Crippen LogP contribution < -0.4 is 10.6 Å². The molecule has 0 heterocycles. The summed E-state index contributed by atoms with van der Waals surface area (Å²) in [6.07, 6.45) is 4.95. The Hall–Kier alpha value is -0.860. The summed E-state index contributed by atoms with van der Waals surface area (Å²) >= 11 is 0. The van der Waals surface area contributed by atoms with E-state index in [4.69, 9.17) is 4.74 Å². The van der Waals surface area contributed by atoms with Crippen molar-refractivity contribution in [3.8, 4) is 0 Å². The summed E-state index contributed by atoms with van der Waals surface area (Å²) in [4.78, 5) is 4.55. The van der Waals surface area contributed by atoms with Crippen molar-refractivity contribution < 1.29 is 9.84 Å². The van der Waals surface area contributed by atoms with Crippen molar-refractivity contribution in [1.29, 1.82) is 0 Å². The van der Waals surface area contributed by atoms with Crippen molar-refractivity contribution in [1.82, 2.24) is 10.6 Å². The summed E-state index contributed by atoms with van der Waals surface area (Å²) in [5, 5.41) is 17.0. The van der Waals surface area contributed by atoms with Crippen molar-refractivity contribution in [2.24, 2.45) is 4.99 Å². The van der Waals surface area contributed by atoms with Gasteiger partial charge in [0.25, 0.3) is 0 Å². The predicted octanol–water partition coefficient (Wildman–Crippen LogP) is 3.63. The first-order valence-corrected chi connectivity index (χ1v) is 9.54. The Morgan fingerprint density at radius 1 is 1.23 bits per heavy atom. The lowest BCUT2D eigenvalue weighted by atomic mass is 10.0. The number of halogens is 1. The van der Waals surface area contributed by atoms with Gasteiger partial charge in [-0.1, -0.05) is 43.2 Å². The third kappa shape index (κ3) is 8.22. The Balaban J connectivity index is 0.00000338. The molecule has 1 aromatic carbocycles. The van der Waals surface area contributed by atoms with E-state index < -0.39 is 5.60 Å². The minimum absolute atomic E-state index is 0. The van der Waals surface area contributed by atoms with Crippen molar-refractivity contribution in [2.45, 2.75) is 57.7 Å². The second-order valence-corrected chi connectivity index (χ2v) is 6.83. The maximum Gasteiger partial charge on any atom is 0.191 e. The molecule has 5 nitrogen and oxygen atoms in total. The third-order valence-electron chi connectivity index (χ3n) is 4.66. The Morgan fingerprint density at radius 2 is 1.92 bits per heavy atom. The van der Waals surface area contributed by atoms with Crippen molar-refractivity contribution >= 4 is 29.9 Å². The van der Waals surface area contributed by atoms with Crippen LogP contribution in [0.4, 0.5) is 0 Å². The number of hydrogen-bond donors (Lipinski definition) is 3. The molecule has 0 radical (unpaired) electrons. The van der Waals surface area contributed by atoms with E-state index in [0.29, 0.717) is 13.2 Å². The maximum absolute atomic E-state index is 10.4. The SMILES string of the molecule is CCNC(=NCC1(O)CCCC1)NCCCOC(C)c1ccccc1.I. The van der Waals surface area contributed by atoms with E-state index in [1.54, 1.807) is 0 Å². The summed E-state index contributed by atoms with van der Waals surface area (Å²) in [5.41, 5.74) is 0.603. The Morgan fingerprint density at radius 3 is 2.58 bits per heavy atom. The Kier molecular flexibility index (Phi) is 11.2. The quantitative estimate of drug-likeness (QED) is 0.221. The fourth-order valence-electron chi connectivity index (χ4n) is 3.12. The minimum Gasteiger partial charge on any atom is -0.388 e. The van der Waals surface area contributed by atoms with Crippen LogP contribution in [0.2, 0.25) is 0 Å². The monoisotopic (exact) mass is 475 g/mol. The topological polar surface area (TPSA) is 65.9 Å². The zero-order valence-electron chi connectivity index (χ0n) is 16.0. The highest BCUT2D eigenvalue weighted by molar-refractivity contribution is 14.0.